The van der Waals surface area contributed by atoms with Crippen LogP contribution < -0.4 is 5.32 Å². The molecule has 24 heavy (non-hydrogen) atoms. The van der Waals surface area contributed by atoms with E-state index in [1.54, 1.807) is 0 Å². The van der Waals surface area contributed by atoms with Crippen LogP contribution in [-0.2, 0) is 9.84 Å². The van der Waals surface area contributed by atoms with Crippen LogP contribution in [0, 0.1) is 17.2 Å². The third kappa shape index (κ3) is 5.08. The predicted molar refractivity (Wildman–Crippen MR) is 95.6 cm³/mol. The Labute approximate surface area is 145 Å². The minimum absolute atomic E-state index is 0.114. The van der Waals surface area contributed by atoms with Gasteiger partial charge in [-0.15, -0.1) is 0 Å². The van der Waals surface area contributed by atoms with Gasteiger partial charge in [0.2, 0.25) is 0 Å². The lowest BCUT2D eigenvalue weighted by atomic mass is 10.1. The molecule has 0 aliphatic carbocycles. The van der Waals surface area contributed by atoms with E-state index in [1.807, 2.05) is 7.05 Å². The highest BCUT2D eigenvalue weighted by Crippen LogP contribution is 2.19. The van der Waals surface area contributed by atoms with E-state index in [1.165, 1.54) is 0 Å². The number of piperazine rings is 1. The van der Waals surface area contributed by atoms with E-state index in [-0.39, 0.29) is 29.5 Å². The van der Waals surface area contributed by atoms with Gasteiger partial charge in [-0.1, -0.05) is 6.92 Å². The van der Waals surface area contributed by atoms with E-state index in [0.29, 0.717) is 19.5 Å². The molecule has 8 heteroatoms. The number of nitrogens with one attached hydrogen (secondary N) is 1. The van der Waals surface area contributed by atoms with Crippen molar-refractivity contribution in [1.29, 1.82) is 5.26 Å². The summed E-state index contributed by atoms with van der Waals surface area (Å²) >= 11 is 0. The van der Waals surface area contributed by atoms with Crippen molar-refractivity contribution < 1.29 is 8.42 Å². The summed E-state index contributed by atoms with van der Waals surface area (Å²) in [6, 6.07) is 2.48. The molecule has 2 aliphatic heterocycles. The number of rotatable bonds is 4. The highest BCUT2D eigenvalue weighted by Gasteiger charge is 2.29. The summed E-state index contributed by atoms with van der Waals surface area (Å²) in [5.41, 5.74) is 0. The molecule has 7 nitrogen and oxygen atoms in total. The Morgan fingerprint density at radius 2 is 2.21 bits per heavy atom. The third-order valence-electron chi connectivity index (χ3n) is 4.91. The van der Waals surface area contributed by atoms with Crippen molar-refractivity contribution in [2.45, 2.75) is 38.8 Å². The quantitative estimate of drug-likeness (QED) is 0.576. The number of hydrogen-bond donors (Lipinski definition) is 1. The molecule has 0 aromatic rings. The molecule has 2 aliphatic rings. The highest BCUT2D eigenvalue weighted by molar-refractivity contribution is 7.91. The van der Waals surface area contributed by atoms with Crippen LogP contribution in [0.15, 0.2) is 4.99 Å². The summed E-state index contributed by atoms with van der Waals surface area (Å²) in [7, 11) is -0.903. The minimum Gasteiger partial charge on any atom is -0.354 e. The molecule has 2 saturated heterocycles. The van der Waals surface area contributed by atoms with E-state index in [2.05, 4.69) is 35.0 Å². The molecule has 0 aromatic heterocycles. The van der Waals surface area contributed by atoms with Gasteiger partial charge >= 0.3 is 0 Å². The zero-order chi connectivity index (χ0) is 17.7. The summed E-state index contributed by atoms with van der Waals surface area (Å²) in [4.78, 5) is 8.90. The van der Waals surface area contributed by atoms with Crippen LogP contribution >= 0.6 is 0 Å². The number of likely N-dealkylation sites (N-methyl/N-ethyl adjacent to an activating group) is 1. The Morgan fingerprint density at radius 3 is 2.79 bits per heavy atom. The largest absolute Gasteiger partial charge is 0.354 e. The lowest BCUT2D eigenvalue weighted by Gasteiger charge is -2.38. The molecule has 0 aromatic carbocycles. The van der Waals surface area contributed by atoms with Crippen LogP contribution in [-0.4, -0.2) is 81.0 Å². The second-order valence-electron chi connectivity index (χ2n) is 6.96. The number of nitriles is 1. The van der Waals surface area contributed by atoms with Crippen molar-refractivity contribution in [1.82, 2.24) is 15.1 Å². The van der Waals surface area contributed by atoms with Crippen LogP contribution in [0.25, 0.3) is 0 Å². The van der Waals surface area contributed by atoms with Crippen LogP contribution in [0.5, 0.6) is 0 Å². The first-order valence-electron chi connectivity index (χ1n) is 8.70. The minimum atomic E-state index is -2.87. The lowest BCUT2D eigenvalue weighted by molar-refractivity contribution is 0.170. The molecule has 3 atom stereocenters. The van der Waals surface area contributed by atoms with Crippen molar-refractivity contribution in [2.24, 2.45) is 10.9 Å². The van der Waals surface area contributed by atoms with Gasteiger partial charge in [-0.2, -0.15) is 5.26 Å². The zero-order valence-electron chi connectivity index (χ0n) is 14.9. The van der Waals surface area contributed by atoms with Gasteiger partial charge in [0, 0.05) is 32.2 Å². The van der Waals surface area contributed by atoms with E-state index >= 15 is 0 Å². The Morgan fingerprint density at radius 1 is 1.46 bits per heavy atom. The molecule has 0 spiro atoms. The van der Waals surface area contributed by atoms with Gasteiger partial charge in [0.15, 0.2) is 15.8 Å². The monoisotopic (exact) mass is 355 g/mol. The third-order valence-corrected chi connectivity index (χ3v) is 6.75. The van der Waals surface area contributed by atoms with Gasteiger partial charge in [0.05, 0.1) is 17.6 Å². The number of guanidine groups is 1. The van der Waals surface area contributed by atoms with Crippen LogP contribution in [0.2, 0.25) is 0 Å². The molecule has 2 rings (SSSR count). The molecular weight excluding hydrogens is 326 g/mol. The molecule has 2 fully saturated rings. The molecule has 1 N–H and O–H groups in total. The zero-order valence-corrected chi connectivity index (χ0v) is 15.7. The van der Waals surface area contributed by atoms with Crippen LogP contribution in [0.1, 0.15) is 26.7 Å². The predicted octanol–water partition coefficient (Wildman–Crippen LogP) is 0.305. The van der Waals surface area contributed by atoms with Gasteiger partial charge in [-0.05, 0) is 32.7 Å². The van der Waals surface area contributed by atoms with Crippen LogP contribution in [0.4, 0.5) is 0 Å². The second-order valence-corrected chi connectivity index (χ2v) is 9.19. The smallest absolute Gasteiger partial charge is 0.194 e. The fourth-order valence-electron chi connectivity index (χ4n) is 3.00. The van der Waals surface area contributed by atoms with Crippen molar-refractivity contribution in [3.63, 3.8) is 0 Å². The molecule has 0 radical (unpaired) electrons. The summed E-state index contributed by atoms with van der Waals surface area (Å²) in [6.45, 7) is 7.01. The molecule has 136 valence electrons. The van der Waals surface area contributed by atoms with E-state index in [4.69, 9.17) is 4.99 Å². The average molecular weight is 356 g/mol. The summed E-state index contributed by atoms with van der Waals surface area (Å²) in [6.07, 6.45) is 1.68. The van der Waals surface area contributed by atoms with Crippen molar-refractivity contribution in [3.8, 4) is 6.07 Å². The topological polar surface area (TPSA) is 88.8 Å². The summed E-state index contributed by atoms with van der Waals surface area (Å²) in [5, 5.41) is 12.7. The summed E-state index contributed by atoms with van der Waals surface area (Å²) in [5.74, 6) is 1.45. The van der Waals surface area contributed by atoms with Crippen molar-refractivity contribution >= 4 is 15.8 Å². The Bertz CT molecular complexity index is 598. The number of nitrogens with zero attached hydrogens (tertiary/aromatic N) is 4. The maximum atomic E-state index is 11.6. The number of sulfone groups is 1. The molecule has 0 saturated carbocycles. The van der Waals surface area contributed by atoms with E-state index < -0.39 is 9.84 Å². The first-order valence-corrected chi connectivity index (χ1v) is 10.5. The number of aliphatic imine (C=N–C) groups is 1. The SMILES string of the molecule is CCC(C)NC(=NCC1CCS(=O)(=O)C1)N1CCN(C)C(C#N)C1. The normalized spacial score (nSPS) is 29.2. The number of hydrogen-bond acceptors (Lipinski definition) is 5. The summed E-state index contributed by atoms with van der Waals surface area (Å²) < 4.78 is 23.2. The maximum Gasteiger partial charge on any atom is 0.194 e. The first kappa shape index (κ1) is 19.0. The maximum absolute atomic E-state index is 11.6. The average Bonchev–Trinajstić information content (AvgIpc) is 2.90. The van der Waals surface area contributed by atoms with Crippen LogP contribution in [0.3, 0.4) is 0 Å². The fraction of sp³-hybridized carbons (Fsp3) is 0.875. The van der Waals surface area contributed by atoms with Gasteiger partial charge in [-0.3, -0.25) is 9.89 Å². The molecule has 3 unspecified atom stereocenters. The van der Waals surface area contributed by atoms with Gasteiger partial charge in [0.25, 0.3) is 0 Å². The highest BCUT2D eigenvalue weighted by atomic mass is 32.2. The van der Waals surface area contributed by atoms with Crippen molar-refractivity contribution in [3.05, 3.63) is 0 Å². The van der Waals surface area contributed by atoms with Crippen molar-refractivity contribution in [2.75, 3.05) is 44.7 Å². The Kier molecular flexibility index (Phi) is 6.47. The molecule has 0 amide bonds. The molecule has 0 bridgehead atoms. The van der Waals surface area contributed by atoms with Gasteiger partial charge in [0.1, 0.15) is 6.04 Å². The van der Waals surface area contributed by atoms with E-state index in [9.17, 15) is 13.7 Å². The van der Waals surface area contributed by atoms with Gasteiger partial charge < -0.3 is 10.2 Å². The molecule has 2 heterocycles. The Hall–Kier alpha value is -1.33. The lowest BCUT2D eigenvalue weighted by Crippen LogP contribution is -2.56. The standard InChI is InChI=1S/C16H29N5O2S/c1-4-13(2)19-16(18-10-14-5-8-24(22,23)12-14)21-7-6-20(3)15(9-17)11-21/h13-15H,4-8,10-12H2,1-3H3,(H,18,19). The first-order chi connectivity index (χ1) is 11.3. The second kappa shape index (κ2) is 8.17. The molecular formula is C16H29N5O2S. The van der Waals surface area contributed by atoms with E-state index in [0.717, 1.165) is 25.5 Å². The Balaban J connectivity index is 2.06. The van der Waals surface area contributed by atoms with Gasteiger partial charge in [-0.25, -0.2) is 8.42 Å². The fourth-order valence-corrected chi connectivity index (χ4v) is 4.85.